The molecular formula is C21H21FN4O2. The minimum atomic E-state index is -0.433. The number of hydrogen-bond donors (Lipinski definition) is 2. The predicted molar refractivity (Wildman–Crippen MR) is 106 cm³/mol. The Kier molecular flexibility index (Phi) is 5.54. The fraction of sp³-hybridized carbons (Fsp3) is 0.190. The molecule has 0 saturated heterocycles. The number of halogens is 1. The zero-order valence-corrected chi connectivity index (χ0v) is 15.9. The van der Waals surface area contributed by atoms with E-state index in [1.807, 2.05) is 13.0 Å². The van der Waals surface area contributed by atoms with Crippen molar-refractivity contribution in [2.45, 2.75) is 27.3 Å². The molecule has 0 aliphatic carbocycles. The molecule has 144 valence electrons. The Hall–Kier alpha value is -3.48. The first-order chi connectivity index (χ1) is 13.3. The van der Waals surface area contributed by atoms with Crippen molar-refractivity contribution in [3.63, 3.8) is 0 Å². The molecule has 0 aliphatic rings. The number of carbonyl (C=O) groups excluding carboxylic acids is 2. The average Bonchev–Trinajstić information content (AvgIpc) is 2.89. The normalized spacial score (nSPS) is 10.6. The third kappa shape index (κ3) is 4.43. The topological polar surface area (TPSA) is 76.0 Å². The fourth-order valence-corrected chi connectivity index (χ4v) is 2.93. The molecule has 3 aromatic rings. The van der Waals surface area contributed by atoms with Crippen molar-refractivity contribution in [2.75, 3.05) is 10.6 Å². The summed E-state index contributed by atoms with van der Waals surface area (Å²) in [5.41, 5.74) is 3.83. The second kappa shape index (κ2) is 8.04. The third-order valence-electron chi connectivity index (χ3n) is 4.37. The van der Waals surface area contributed by atoms with E-state index in [1.165, 1.54) is 19.1 Å². The van der Waals surface area contributed by atoms with Gasteiger partial charge in [-0.15, -0.1) is 0 Å². The van der Waals surface area contributed by atoms with Crippen LogP contribution < -0.4 is 10.6 Å². The lowest BCUT2D eigenvalue weighted by molar-refractivity contribution is 0.101. The number of anilines is 2. The van der Waals surface area contributed by atoms with Gasteiger partial charge >= 0.3 is 6.03 Å². The number of ketones is 1. The average molecular weight is 380 g/mol. The van der Waals surface area contributed by atoms with Crippen LogP contribution in [0.1, 0.15) is 34.2 Å². The highest BCUT2D eigenvalue weighted by molar-refractivity contribution is 6.01. The quantitative estimate of drug-likeness (QED) is 0.638. The van der Waals surface area contributed by atoms with E-state index >= 15 is 0 Å². The molecule has 7 heteroatoms. The van der Waals surface area contributed by atoms with Crippen LogP contribution in [0, 0.1) is 19.7 Å². The Morgan fingerprint density at radius 3 is 2.54 bits per heavy atom. The number of nitrogens with one attached hydrogen (secondary N) is 2. The summed E-state index contributed by atoms with van der Waals surface area (Å²) in [6, 6.07) is 12.6. The highest BCUT2D eigenvalue weighted by Crippen LogP contribution is 2.21. The number of Topliss-reactive ketones (excluding diaryl/α,β-unsaturated/α-hetero) is 1. The molecule has 0 fully saturated rings. The smallest absolute Gasteiger partial charge is 0.308 e. The minimum Gasteiger partial charge on any atom is -0.308 e. The number of rotatable bonds is 5. The molecule has 6 nitrogen and oxygen atoms in total. The lowest BCUT2D eigenvalue weighted by Gasteiger charge is -2.09. The van der Waals surface area contributed by atoms with E-state index in [0.29, 0.717) is 29.2 Å². The molecule has 0 unspecified atom stereocenters. The molecule has 0 atom stereocenters. The van der Waals surface area contributed by atoms with Crippen LogP contribution in [0.25, 0.3) is 0 Å². The standard InChI is InChI=1S/C21H21FN4O2/c1-13-20(14(2)26(25-13)12-16-6-4-8-18(22)10-16)24-21(28)23-19-9-5-7-17(11-19)15(3)27/h4-11H,12H2,1-3H3,(H2,23,24,28). The lowest BCUT2D eigenvalue weighted by atomic mass is 10.1. The van der Waals surface area contributed by atoms with Crippen LogP contribution in [-0.4, -0.2) is 21.6 Å². The first-order valence-corrected chi connectivity index (χ1v) is 8.81. The van der Waals surface area contributed by atoms with Crippen LogP contribution in [-0.2, 0) is 6.54 Å². The predicted octanol–water partition coefficient (Wildman–Crippen LogP) is 4.53. The second-order valence-corrected chi connectivity index (χ2v) is 6.55. The van der Waals surface area contributed by atoms with Gasteiger partial charge in [0.1, 0.15) is 5.82 Å². The molecule has 2 N–H and O–H groups in total. The molecule has 0 aliphatic heterocycles. The van der Waals surface area contributed by atoms with Crippen LogP contribution >= 0.6 is 0 Å². The van der Waals surface area contributed by atoms with Gasteiger partial charge in [-0.3, -0.25) is 9.48 Å². The molecule has 3 rings (SSSR count). The Labute approximate surface area is 162 Å². The van der Waals surface area contributed by atoms with Crippen molar-refractivity contribution in [2.24, 2.45) is 0 Å². The van der Waals surface area contributed by atoms with E-state index in [9.17, 15) is 14.0 Å². The summed E-state index contributed by atoms with van der Waals surface area (Å²) in [7, 11) is 0. The molecule has 0 saturated carbocycles. The van der Waals surface area contributed by atoms with E-state index in [-0.39, 0.29) is 11.6 Å². The van der Waals surface area contributed by atoms with Gasteiger partial charge in [-0.2, -0.15) is 5.10 Å². The number of urea groups is 1. The highest BCUT2D eigenvalue weighted by Gasteiger charge is 2.15. The monoisotopic (exact) mass is 380 g/mol. The van der Waals surface area contributed by atoms with Gasteiger partial charge in [0.05, 0.1) is 23.6 Å². The van der Waals surface area contributed by atoms with Gasteiger partial charge in [0.25, 0.3) is 0 Å². The van der Waals surface area contributed by atoms with Crippen molar-refractivity contribution in [1.82, 2.24) is 9.78 Å². The van der Waals surface area contributed by atoms with E-state index in [4.69, 9.17) is 0 Å². The summed E-state index contributed by atoms with van der Waals surface area (Å²) >= 11 is 0. The Balaban J connectivity index is 1.73. The van der Waals surface area contributed by atoms with Gasteiger partial charge in [0, 0.05) is 11.3 Å². The van der Waals surface area contributed by atoms with Gasteiger partial charge in [-0.25, -0.2) is 9.18 Å². The summed E-state index contributed by atoms with van der Waals surface area (Å²) in [6.45, 7) is 5.50. The van der Waals surface area contributed by atoms with Crippen molar-refractivity contribution in [3.8, 4) is 0 Å². The molecular weight excluding hydrogens is 359 g/mol. The van der Waals surface area contributed by atoms with Crippen molar-refractivity contribution >= 4 is 23.2 Å². The number of aryl methyl sites for hydroxylation is 1. The van der Waals surface area contributed by atoms with E-state index in [1.54, 1.807) is 41.9 Å². The van der Waals surface area contributed by atoms with Crippen LogP contribution in [0.15, 0.2) is 48.5 Å². The van der Waals surface area contributed by atoms with Crippen molar-refractivity contribution in [3.05, 3.63) is 76.9 Å². The molecule has 0 spiro atoms. The van der Waals surface area contributed by atoms with Gasteiger partial charge in [-0.05, 0) is 50.6 Å². The number of nitrogens with zero attached hydrogens (tertiary/aromatic N) is 2. The van der Waals surface area contributed by atoms with Crippen molar-refractivity contribution < 1.29 is 14.0 Å². The molecule has 0 radical (unpaired) electrons. The number of amides is 2. The Bertz CT molecular complexity index is 1040. The second-order valence-electron chi connectivity index (χ2n) is 6.55. The first kappa shape index (κ1) is 19.3. The first-order valence-electron chi connectivity index (χ1n) is 8.81. The van der Waals surface area contributed by atoms with Crippen LogP contribution in [0.5, 0.6) is 0 Å². The summed E-state index contributed by atoms with van der Waals surface area (Å²) in [6.07, 6.45) is 0. The third-order valence-corrected chi connectivity index (χ3v) is 4.37. The number of benzene rings is 2. The van der Waals surface area contributed by atoms with Gasteiger partial charge < -0.3 is 10.6 Å². The summed E-state index contributed by atoms with van der Waals surface area (Å²) in [5.74, 6) is -0.376. The van der Waals surface area contributed by atoms with Crippen LogP contribution in [0.3, 0.4) is 0 Å². The fourth-order valence-electron chi connectivity index (χ4n) is 2.93. The summed E-state index contributed by atoms with van der Waals surface area (Å²) < 4.78 is 15.1. The maximum atomic E-state index is 13.4. The number of carbonyl (C=O) groups is 2. The SMILES string of the molecule is CC(=O)c1cccc(NC(=O)Nc2c(C)nn(Cc3cccc(F)c3)c2C)c1. The maximum absolute atomic E-state index is 13.4. The van der Waals surface area contributed by atoms with Crippen LogP contribution in [0.4, 0.5) is 20.6 Å². The van der Waals surface area contributed by atoms with Crippen molar-refractivity contribution in [1.29, 1.82) is 0 Å². The minimum absolute atomic E-state index is 0.0747. The summed E-state index contributed by atoms with van der Waals surface area (Å²) in [4.78, 5) is 23.9. The largest absolute Gasteiger partial charge is 0.323 e. The van der Waals surface area contributed by atoms with E-state index < -0.39 is 6.03 Å². The zero-order chi connectivity index (χ0) is 20.3. The Morgan fingerprint density at radius 1 is 1.07 bits per heavy atom. The van der Waals surface area contributed by atoms with Gasteiger partial charge in [0.15, 0.2) is 5.78 Å². The maximum Gasteiger partial charge on any atom is 0.323 e. The molecule has 28 heavy (non-hydrogen) atoms. The number of hydrogen-bond acceptors (Lipinski definition) is 3. The molecule has 2 aromatic carbocycles. The summed E-state index contributed by atoms with van der Waals surface area (Å²) in [5, 5.41) is 9.96. The lowest BCUT2D eigenvalue weighted by Crippen LogP contribution is -2.20. The number of aromatic nitrogens is 2. The molecule has 0 bridgehead atoms. The Morgan fingerprint density at radius 2 is 1.82 bits per heavy atom. The molecule has 1 aromatic heterocycles. The van der Waals surface area contributed by atoms with E-state index in [2.05, 4.69) is 15.7 Å². The highest BCUT2D eigenvalue weighted by atomic mass is 19.1. The van der Waals surface area contributed by atoms with Crippen LogP contribution in [0.2, 0.25) is 0 Å². The zero-order valence-electron chi connectivity index (χ0n) is 15.9. The molecule has 1 heterocycles. The van der Waals surface area contributed by atoms with Gasteiger partial charge in [0.2, 0.25) is 0 Å². The molecule has 2 amide bonds. The van der Waals surface area contributed by atoms with Gasteiger partial charge in [-0.1, -0.05) is 24.3 Å². The van der Waals surface area contributed by atoms with E-state index in [0.717, 1.165) is 11.3 Å².